The standard InChI is InChI=1S/C22H32O4.C2H6/c1-21-9-8-14(23)10-13(21)4-5-15-16-6-7-17(19(25)12-26-3)22(16,2)11-18(24)20(15)21;1-2/h10,15-18,20,24H,4-9,11-12H2,1-3H3;1-2H3. The van der Waals surface area contributed by atoms with Crippen molar-refractivity contribution in [2.45, 2.75) is 78.7 Å². The first kappa shape index (κ1) is 21.7. The Morgan fingerprint density at radius 2 is 1.93 bits per heavy atom. The van der Waals surface area contributed by atoms with Gasteiger partial charge in [0.1, 0.15) is 6.61 Å². The second-order valence-electron chi connectivity index (χ2n) is 9.69. The van der Waals surface area contributed by atoms with E-state index in [0.717, 1.165) is 32.1 Å². The fourth-order valence-electron chi connectivity index (χ4n) is 7.46. The number of carbonyl (C=O) groups excluding carboxylic acids is 2. The lowest BCUT2D eigenvalue weighted by Crippen LogP contribution is -2.57. The first-order valence-corrected chi connectivity index (χ1v) is 11.2. The third-order valence-electron chi connectivity index (χ3n) is 8.57. The minimum Gasteiger partial charge on any atom is -0.393 e. The number of hydrogen-bond acceptors (Lipinski definition) is 4. The van der Waals surface area contributed by atoms with Gasteiger partial charge in [0.15, 0.2) is 11.6 Å². The topological polar surface area (TPSA) is 63.6 Å². The number of methoxy groups -OCH3 is 1. The van der Waals surface area contributed by atoms with Crippen molar-refractivity contribution in [1.82, 2.24) is 0 Å². The molecule has 0 aromatic rings. The molecule has 3 fully saturated rings. The maximum absolute atomic E-state index is 12.6. The summed E-state index contributed by atoms with van der Waals surface area (Å²) in [6.07, 6.45) is 7.68. The zero-order chi connectivity index (χ0) is 20.7. The van der Waals surface area contributed by atoms with Crippen LogP contribution in [0.4, 0.5) is 0 Å². The molecular formula is C24H38O4. The maximum atomic E-state index is 12.6. The van der Waals surface area contributed by atoms with Crippen LogP contribution >= 0.6 is 0 Å². The largest absolute Gasteiger partial charge is 0.393 e. The predicted molar refractivity (Wildman–Crippen MR) is 110 cm³/mol. The molecule has 0 amide bonds. The normalized spacial score (nSPS) is 44.4. The van der Waals surface area contributed by atoms with Gasteiger partial charge in [-0.1, -0.05) is 33.3 Å². The van der Waals surface area contributed by atoms with Gasteiger partial charge in [-0.2, -0.15) is 0 Å². The van der Waals surface area contributed by atoms with Gasteiger partial charge in [-0.15, -0.1) is 0 Å². The Hall–Kier alpha value is -1.00. The molecule has 4 heteroatoms. The van der Waals surface area contributed by atoms with Crippen molar-refractivity contribution in [3.63, 3.8) is 0 Å². The first-order valence-electron chi connectivity index (χ1n) is 11.2. The lowest BCUT2D eigenvalue weighted by Gasteiger charge is -2.59. The fraction of sp³-hybridized carbons (Fsp3) is 0.833. The van der Waals surface area contributed by atoms with Gasteiger partial charge in [-0.05, 0) is 73.2 Å². The van der Waals surface area contributed by atoms with E-state index in [9.17, 15) is 14.7 Å². The molecule has 4 aliphatic carbocycles. The van der Waals surface area contributed by atoms with Crippen LogP contribution in [0.5, 0.6) is 0 Å². The lowest BCUT2D eigenvalue weighted by molar-refractivity contribution is -0.147. The van der Waals surface area contributed by atoms with Crippen LogP contribution in [0.2, 0.25) is 0 Å². The second kappa shape index (κ2) is 8.02. The molecule has 1 N–H and O–H groups in total. The van der Waals surface area contributed by atoms with Gasteiger partial charge >= 0.3 is 0 Å². The Labute approximate surface area is 170 Å². The van der Waals surface area contributed by atoms with Crippen LogP contribution in [0.3, 0.4) is 0 Å². The summed E-state index contributed by atoms with van der Waals surface area (Å²) in [5, 5.41) is 11.3. The number of ketones is 2. The summed E-state index contributed by atoms with van der Waals surface area (Å²) in [5.74, 6) is 1.65. The Kier molecular flexibility index (Phi) is 6.22. The SMILES string of the molecule is CC.COCC(=O)C1CCC2C3CCC4=CC(=O)CCC4(C)C3C(O)CC12C. The van der Waals surface area contributed by atoms with Gasteiger partial charge in [0, 0.05) is 19.4 Å². The second-order valence-corrected chi connectivity index (χ2v) is 9.69. The fourth-order valence-corrected chi connectivity index (χ4v) is 7.46. The third-order valence-corrected chi connectivity index (χ3v) is 8.57. The number of ether oxygens (including phenoxy) is 1. The average molecular weight is 391 g/mol. The number of Topliss-reactive ketones (excluding diaryl/α,β-unsaturated/α-hetero) is 1. The van der Waals surface area contributed by atoms with Crippen LogP contribution in [0.25, 0.3) is 0 Å². The van der Waals surface area contributed by atoms with Crippen LogP contribution in [0, 0.1) is 34.5 Å². The molecule has 4 rings (SSSR count). The summed E-state index contributed by atoms with van der Waals surface area (Å²) in [6, 6.07) is 0. The number of hydrogen-bond donors (Lipinski definition) is 1. The molecule has 3 saturated carbocycles. The first-order chi connectivity index (χ1) is 13.3. The van der Waals surface area contributed by atoms with Crippen molar-refractivity contribution < 1.29 is 19.4 Å². The predicted octanol–water partition coefficient (Wildman–Crippen LogP) is 4.35. The van der Waals surface area contributed by atoms with Crippen molar-refractivity contribution in [2.24, 2.45) is 34.5 Å². The molecule has 0 spiro atoms. The number of carbonyl (C=O) groups is 2. The van der Waals surface area contributed by atoms with Crippen LogP contribution in [0.15, 0.2) is 11.6 Å². The molecular weight excluding hydrogens is 352 g/mol. The highest BCUT2D eigenvalue weighted by Gasteiger charge is 2.62. The van der Waals surface area contributed by atoms with Crippen molar-refractivity contribution >= 4 is 11.6 Å². The van der Waals surface area contributed by atoms with Gasteiger partial charge in [-0.25, -0.2) is 0 Å². The molecule has 7 unspecified atom stereocenters. The number of allylic oxidation sites excluding steroid dienone is 1. The Bertz CT molecular complexity index is 653. The van der Waals surface area contributed by atoms with E-state index in [2.05, 4.69) is 13.8 Å². The van der Waals surface area contributed by atoms with Gasteiger partial charge in [-0.3, -0.25) is 9.59 Å². The van der Waals surface area contributed by atoms with E-state index < -0.39 is 0 Å². The molecule has 28 heavy (non-hydrogen) atoms. The molecule has 4 aliphatic rings. The smallest absolute Gasteiger partial charge is 0.162 e. The molecule has 0 heterocycles. The molecule has 158 valence electrons. The molecule has 0 radical (unpaired) electrons. The van der Waals surface area contributed by atoms with E-state index in [1.165, 1.54) is 5.57 Å². The number of fused-ring (bicyclic) bond motifs is 5. The molecule has 0 aromatic heterocycles. The zero-order valence-corrected chi connectivity index (χ0v) is 18.3. The van der Waals surface area contributed by atoms with Gasteiger partial charge in [0.05, 0.1) is 6.10 Å². The van der Waals surface area contributed by atoms with E-state index in [1.807, 2.05) is 19.9 Å². The minimum absolute atomic E-state index is 0.0146. The summed E-state index contributed by atoms with van der Waals surface area (Å²) in [5.41, 5.74) is 1.10. The summed E-state index contributed by atoms with van der Waals surface area (Å²) in [7, 11) is 1.58. The summed E-state index contributed by atoms with van der Waals surface area (Å²) in [6.45, 7) is 8.70. The lowest BCUT2D eigenvalue weighted by atomic mass is 9.46. The highest BCUT2D eigenvalue weighted by Crippen LogP contribution is 2.66. The quantitative estimate of drug-likeness (QED) is 0.778. The Morgan fingerprint density at radius 1 is 1.21 bits per heavy atom. The number of aliphatic hydroxyl groups is 1. The monoisotopic (exact) mass is 390 g/mol. The van der Waals surface area contributed by atoms with Crippen LogP contribution in [-0.2, 0) is 14.3 Å². The van der Waals surface area contributed by atoms with Crippen LogP contribution in [-0.4, -0.2) is 36.5 Å². The van der Waals surface area contributed by atoms with Crippen LogP contribution < -0.4 is 0 Å². The Balaban J connectivity index is 0.00000109. The van der Waals surface area contributed by atoms with Crippen molar-refractivity contribution in [2.75, 3.05) is 13.7 Å². The van der Waals surface area contributed by atoms with Gasteiger partial charge in [0.25, 0.3) is 0 Å². The maximum Gasteiger partial charge on any atom is 0.162 e. The summed E-state index contributed by atoms with van der Waals surface area (Å²) in [4.78, 5) is 24.6. The average Bonchev–Trinajstić information content (AvgIpc) is 3.00. The highest BCUT2D eigenvalue weighted by molar-refractivity contribution is 5.91. The zero-order valence-electron chi connectivity index (χ0n) is 18.3. The van der Waals surface area contributed by atoms with E-state index in [4.69, 9.17) is 4.74 Å². The van der Waals surface area contributed by atoms with Crippen molar-refractivity contribution in [1.29, 1.82) is 0 Å². The van der Waals surface area contributed by atoms with Gasteiger partial charge in [0.2, 0.25) is 0 Å². The van der Waals surface area contributed by atoms with E-state index >= 15 is 0 Å². The molecule has 4 nitrogen and oxygen atoms in total. The van der Waals surface area contributed by atoms with E-state index in [-0.39, 0.29) is 46.9 Å². The molecule has 0 bridgehead atoms. The highest BCUT2D eigenvalue weighted by atomic mass is 16.5. The molecule has 0 aromatic carbocycles. The van der Waals surface area contributed by atoms with Crippen molar-refractivity contribution in [3.8, 4) is 0 Å². The van der Waals surface area contributed by atoms with E-state index in [0.29, 0.717) is 24.7 Å². The molecule has 0 aliphatic heterocycles. The third kappa shape index (κ3) is 3.21. The van der Waals surface area contributed by atoms with Crippen LogP contribution in [0.1, 0.15) is 72.6 Å². The summed E-state index contributed by atoms with van der Waals surface area (Å²) < 4.78 is 5.12. The summed E-state index contributed by atoms with van der Waals surface area (Å²) >= 11 is 0. The van der Waals surface area contributed by atoms with E-state index in [1.54, 1.807) is 7.11 Å². The van der Waals surface area contributed by atoms with Crippen molar-refractivity contribution in [3.05, 3.63) is 11.6 Å². The van der Waals surface area contributed by atoms with Gasteiger partial charge < -0.3 is 9.84 Å². The number of rotatable bonds is 3. The Morgan fingerprint density at radius 3 is 2.61 bits per heavy atom. The number of aliphatic hydroxyl groups excluding tert-OH is 1. The molecule has 0 saturated heterocycles. The minimum atomic E-state index is -0.390. The molecule has 7 atom stereocenters.